The van der Waals surface area contributed by atoms with E-state index in [0.29, 0.717) is 13.0 Å². The van der Waals surface area contributed by atoms with E-state index >= 15 is 0 Å². The minimum Gasteiger partial charge on any atom is -0.378 e. The molecule has 2 N–H and O–H groups in total. The average molecular weight is 284 g/mol. The van der Waals surface area contributed by atoms with Crippen molar-refractivity contribution in [1.82, 2.24) is 10.6 Å². The molecule has 0 bridgehead atoms. The number of nitrogens with one attached hydrogen (secondary N) is 2. The molecule has 4 nitrogen and oxygen atoms in total. The molecule has 1 unspecified atom stereocenters. The second-order valence-electron chi connectivity index (χ2n) is 5.75. The first-order chi connectivity index (χ1) is 9.83. The summed E-state index contributed by atoms with van der Waals surface area (Å²) in [5, 5.41) is 6.31. The molecule has 0 saturated carbocycles. The Labute approximate surface area is 124 Å². The van der Waals surface area contributed by atoms with E-state index in [2.05, 4.69) is 17.6 Å². The third-order valence-electron chi connectivity index (χ3n) is 3.78. The van der Waals surface area contributed by atoms with E-state index in [4.69, 9.17) is 4.74 Å². The summed E-state index contributed by atoms with van der Waals surface area (Å²) in [6, 6.07) is 0.197. The molecule has 0 spiro atoms. The first kappa shape index (κ1) is 17.4. The van der Waals surface area contributed by atoms with Gasteiger partial charge < -0.3 is 15.4 Å². The normalized spacial score (nSPS) is 18.9. The number of morpholine rings is 1. The second-order valence-corrected chi connectivity index (χ2v) is 5.75. The molecule has 0 aromatic heterocycles. The van der Waals surface area contributed by atoms with Crippen molar-refractivity contribution in [3.63, 3.8) is 0 Å². The molecule has 0 aromatic rings. The number of hydrogen-bond donors (Lipinski definition) is 2. The zero-order valence-electron chi connectivity index (χ0n) is 13.1. The summed E-state index contributed by atoms with van der Waals surface area (Å²) in [7, 11) is 0. The van der Waals surface area contributed by atoms with Gasteiger partial charge >= 0.3 is 0 Å². The van der Waals surface area contributed by atoms with Crippen LogP contribution in [0.25, 0.3) is 0 Å². The molecular weight excluding hydrogens is 252 g/mol. The molecule has 1 aliphatic rings. The topological polar surface area (TPSA) is 50.4 Å². The van der Waals surface area contributed by atoms with Crippen molar-refractivity contribution in [2.24, 2.45) is 0 Å². The molecule has 118 valence electrons. The standard InChI is InChI=1S/C16H32N2O2/c1-2-3-4-5-6-7-8-9-10-18-16(19)13-15-14-20-12-11-17-15/h15,17H,2-14H2,1H3,(H,18,19). The Morgan fingerprint density at radius 3 is 2.50 bits per heavy atom. The minimum atomic E-state index is 0.149. The summed E-state index contributed by atoms with van der Waals surface area (Å²) in [5.41, 5.74) is 0. The largest absolute Gasteiger partial charge is 0.378 e. The molecule has 20 heavy (non-hydrogen) atoms. The lowest BCUT2D eigenvalue weighted by Gasteiger charge is -2.23. The summed E-state index contributed by atoms with van der Waals surface area (Å²) >= 11 is 0. The van der Waals surface area contributed by atoms with Crippen molar-refractivity contribution in [3.8, 4) is 0 Å². The molecule has 1 rings (SSSR count). The SMILES string of the molecule is CCCCCCCCCCNC(=O)CC1COCCN1. The maximum absolute atomic E-state index is 11.7. The number of amides is 1. The van der Waals surface area contributed by atoms with Crippen molar-refractivity contribution in [3.05, 3.63) is 0 Å². The van der Waals surface area contributed by atoms with Crippen LogP contribution < -0.4 is 10.6 Å². The van der Waals surface area contributed by atoms with Crippen molar-refractivity contribution in [1.29, 1.82) is 0 Å². The third-order valence-corrected chi connectivity index (χ3v) is 3.78. The molecule has 4 heteroatoms. The van der Waals surface area contributed by atoms with Crippen LogP contribution in [0, 0.1) is 0 Å². The molecule has 1 atom stereocenters. The zero-order valence-corrected chi connectivity index (χ0v) is 13.1. The van der Waals surface area contributed by atoms with E-state index < -0.39 is 0 Å². The van der Waals surface area contributed by atoms with Gasteiger partial charge in [-0.3, -0.25) is 4.79 Å². The summed E-state index contributed by atoms with van der Waals surface area (Å²) in [4.78, 5) is 11.7. The molecule has 0 radical (unpaired) electrons. The summed E-state index contributed by atoms with van der Waals surface area (Å²) in [6.45, 7) is 5.34. The Morgan fingerprint density at radius 2 is 1.85 bits per heavy atom. The van der Waals surface area contributed by atoms with E-state index in [9.17, 15) is 4.79 Å². The van der Waals surface area contributed by atoms with E-state index in [-0.39, 0.29) is 11.9 Å². The maximum atomic E-state index is 11.7. The fourth-order valence-electron chi connectivity index (χ4n) is 2.53. The fourth-order valence-corrected chi connectivity index (χ4v) is 2.53. The predicted octanol–water partition coefficient (Wildman–Crippen LogP) is 2.62. The molecule has 1 aliphatic heterocycles. The first-order valence-electron chi connectivity index (χ1n) is 8.40. The van der Waals surface area contributed by atoms with Gasteiger partial charge in [0.25, 0.3) is 0 Å². The Balaban J connectivity index is 1.84. The van der Waals surface area contributed by atoms with Crippen LogP contribution in [0.15, 0.2) is 0 Å². The Morgan fingerprint density at radius 1 is 1.15 bits per heavy atom. The van der Waals surface area contributed by atoms with Gasteiger partial charge in [0, 0.05) is 25.6 Å². The number of hydrogen-bond acceptors (Lipinski definition) is 3. The van der Waals surface area contributed by atoms with Crippen LogP contribution in [0.1, 0.15) is 64.7 Å². The zero-order chi connectivity index (χ0) is 14.5. The minimum absolute atomic E-state index is 0.149. The van der Waals surface area contributed by atoms with Gasteiger partial charge in [-0.25, -0.2) is 0 Å². The van der Waals surface area contributed by atoms with E-state index in [1.165, 1.54) is 44.9 Å². The Kier molecular flexibility index (Phi) is 10.6. The summed E-state index contributed by atoms with van der Waals surface area (Å²) < 4.78 is 5.34. The molecule has 0 aliphatic carbocycles. The number of ether oxygens (including phenoxy) is 1. The van der Waals surface area contributed by atoms with Gasteiger partial charge in [-0.2, -0.15) is 0 Å². The lowest BCUT2D eigenvalue weighted by Crippen LogP contribution is -2.44. The highest BCUT2D eigenvalue weighted by Crippen LogP contribution is 2.08. The highest BCUT2D eigenvalue weighted by Gasteiger charge is 2.16. The summed E-state index contributed by atoms with van der Waals surface area (Å²) in [6.07, 6.45) is 11.0. The van der Waals surface area contributed by atoms with Gasteiger partial charge in [0.1, 0.15) is 0 Å². The van der Waals surface area contributed by atoms with Crippen LogP contribution in [-0.2, 0) is 9.53 Å². The number of unbranched alkanes of at least 4 members (excludes halogenated alkanes) is 7. The van der Waals surface area contributed by atoms with Gasteiger partial charge in [-0.15, -0.1) is 0 Å². The number of rotatable bonds is 11. The first-order valence-corrected chi connectivity index (χ1v) is 8.40. The monoisotopic (exact) mass is 284 g/mol. The molecule has 1 heterocycles. The molecule has 0 aromatic carbocycles. The number of carbonyl (C=O) groups excluding carboxylic acids is 1. The molecular formula is C16H32N2O2. The lowest BCUT2D eigenvalue weighted by atomic mass is 10.1. The van der Waals surface area contributed by atoms with Crippen molar-refractivity contribution in [2.45, 2.75) is 70.8 Å². The third kappa shape index (κ3) is 9.32. The van der Waals surface area contributed by atoms with Crippen molar-refractivity contribution >= 4 is 5.91 Å². The molecule has 1 fully saturated rings. The van der Waals surface area contributed by atoms with Crippen LogP contribution in [0.2, 0.25) is 0 Å². The molecule has 1 amide bonds. The second kappa shape index (κ2) is 12.2. The molecule has 1 saturated heterocycles. The highest BCUT2D eigenvalue weighted by molar-refractivity contribution is 5.76. The summed E-state index contributed by atoms with van der Waals surface area (Å²) in [5.74, 6) is 0.149. The lowest BCUT2D eigenvalue weighted by molar-refractivity contribution is -0.122. The van der Waals surface area contributed by atoms with E-state index in [0.717, 1.165) is 26.1 Å². The van der Waals surface area contributed by atoms with Crippen LogP contribution in [0.4, 0.5) is 0 Å². The van der Waals surface area contributed by atoms with Crippen LogP contribution in [-0.4, -0.2) is 38.3 Å². The Bertz CT molecular complexity index is 241. The van der Waals surface area contributed by atoms with Crippen molar-refractivity contribution < 1.29 is 9.53 Å². The van der Waals surface area contributed by atoms with Gasteiger partial charge in [0.05, 0.1) is 13.2 Å². The van der Waals surface area contributed by atoms with Gasteiger partial charge in [-0.05, 0) is 6.42 Å². The smallest absolute Gasteiger partial charge is 0.221 e. The highest BCUT2D eigenvalue weighted by atomic mass is 16.5. The van der Waals surface area contributed by atoms with Crippen LogP contribution >= 0.6 is 0 Å². The predicted molar refractivity (Wildman–Crippen MR) is 82.8 cm³/mol. The maximum Gasteiger partial charge on any atom is 0.221 e. The average Bonchev–Trinajstić information content (AvgIpc) is 2.46. The fraction of sp³-hybridized carbons (Fsp3) is 0.938. The quantitative estimate of drug-likeness (QED) is 0.573. The van der Waals surface area contributed by atoms with E-state index in [1.54, 1.807) is 0 Å². The van der Waals surface area contributed by atoms with Crippen LogP contribution in [0.3, 0.4) is 0 Å². The van der Waals surface area contributed by atoms with E-state index in [1.807, 2.05) is 0 Å². The van der Waals surface area contributed by atoms with Gasteiger partial charge in [0.15, 0.2) is 0 Å². The Hall–Kier alpha value is -0.610. The van der Waals surface area contributed by atoms with Gasteiger partial charge in [0.2, 0.25) is 5.91 Å². The van der Waals surface area contributed by atoms with Gasteiger partial charge in [-0.1, -0.05) is 51.9 Å². The number of carbonyl (C=O) groups is 1. The van der Waals surface area contributed by atoms with Crippen molar-refractivity contribution in [2.75, 3.05) is 26.3 Å². The van der Waals surface area contributed by atoms with Crippen LogP contribution in [0.5, 0.6) is 0 Å².